The highest BCUT2D eigenvalue weighted by molar-refractivity contribution is 5.82. The van der Waals surface area contributed by atoms with Crippen LogP contribution in [0.4, 0.5) is 4.79 Å². The summed E-state index contributed by atoms with van der Waals surface area (Å²) >= 11 is 0. The van der Waals surface area contributed by atoms with Gasteiger partial charge in [-0.2, -0.15) is 0 Å². The summed E-state index contributed by atoms with van der Waals surface area (Å²) in [5.41, 5.74) is 2.54. The Kier molecular flexibility index (Phi) is 13.8. The summed E-state index contributed by atoms with van der Waals surface area (Å²) in [6.07, 6.45) is -5.50. The molecule has 4 aromatic carbocycles. The van der Waals surface area contributed by atoms with Gasteiger partial charge in [0, 0.05) is 0 Å². The van der Waals surface area contributed by atoms with E-state index in [-0.39, 0.29) is 19.8 Å². The van der Waals surface area contributed by atoms with Gasteiger partial charge in [0.15, 0.2) is 6.04 Å². The van der Waals surface area contributed by atoms with Gasteiger partial charge in [-0.3, -0.25) is 0 Å². The number of aliphatic hydroxyl groups excluding tert-OH is 1. The van der Waals surface area contributed by atoms with Crippen LogP contribution in [0.25, 0.3) is 0 Å². The van der Waals surface area contributed by atoms with Gasteiger partial charge in [0.05, 0.1) is 33.5 Å². The molecule has 5 rings (SSSR count). The first-order valence-electron chi connectivity index (χ1n) is 17.2. The Morgan fingerprint density at radius 1 is 0.750 bits per heavy atom. The van der Waals surface area contributed by atoms with Crippen molar-refractivity contribution in [3.63, 3.8) is 0 Å². The van der Waals surface area contributed by atoms with E-state index in [0.29, 0.717) is 17.9 Å². The van der Waals surface area contributed by atoms with Gasteiger partial charge >= 0.3 is 12.1 Å². The SMILES string of the molecule is COC(=O)[C@H](NC(=O)OC(C)(C)C)c1ccc(O[C@@H]2O[C@H](COCc3ccccc3)[C@@H](OCc3ccccc3)[C@H](OCc3ccccc3)[C@H]2O)cc1. The number of benzene rings is 4. The van der Waals surface area contributed by atoms with Gasteiger partial charge in [-0.25, -0.2) is 9.59 Å². The van der Waals surface area contributed by atoms with Gasteiger partial charge < -0.3 is 43.6 Å². The van der Waals surface area contributed by atoms with E-state index in [9.17, 15) is 14.7 Å². The molecule has 0 radical (unpaired) electrons. The number of alkyl carbamates (subject to hydrolysis) is 1. The van der Waals surface area contributed by atoms with Gasteiger partial charge in [0.2, 0.25) is 6.29 Å². The van der Waals surface area contributed by atoms with Crippen molar-refractivity contribution in [1.82, 2.24) is 5.32 Å². The molecular formula is C41H47NO10. The molecule has 1 saturated heterocycles. The first-order valence-corrected chi connectivity index (χ1v) is 17.2. The first kappa shape index (κ1) is 38.5. The standard InChI is InChI=1S/C41H47NO10/c1-41(2,3)52-40(45)42-34(38(44)46-4)31-20-22-32(23-21-31)50-39-35(43)37(49-26-30-18-12-7-13-19-30)36(48-25-29-16-10-6-11-17-29)33(51-39)27-47-24-28-14-8-5-9-15-28/h5-23,33-37,39,43H,24-27H2,1-4H3,(H,42,45)/t33-,34-,35-,36-,37-,39-/m1/s1. The first-order chi connectivity index (χ1) is 25.1. The fourth-order valence-corrected chi connectivity index (χ4v) is 5.61. The lowest BCUT2D eigenvalue weighted by atomic mass is 9.98. The molecular weight excluding hydrogens is 666 g/mol. The van der Waals surface area contributed by atoms with Crippen LogP contribution in [0.15, 0.2) is 115 Å². The molecule has 276 valence electrons. The topological polar surface area (TPSA) is 131 Å². The van der Waals surface area contributed by atoms with Crippen LogP contribution in [-0.2, 0) is 53.0 Å². The number of ether oxygens (including phenoxy) is 7. The largest absolute Gasteiger partial charge is 0.467 e. The van der Waals surface area contributed by atoms with Gasteiger partial charge in [0.25, 0.3) is 0 Å². The molecule has 1 aliphatic rings. The Hall–Kier alpha value is -4.78. The van der Waals surface area contributed by atoms with Crippen molar-refractivity contribution in [1.29, 1.82) is 0 Å². The van der Waals surface area contributed by atoms with Gasteiger partial charge in [-0.05, 0) is 55.2 Å². The molecule has 2 N–H and O–H groups in total. The molecule has 0 unspecified atom stereocenters. The van der Waals surface area contributed by atoms with Gasteiger partial charge in [-0.1, -0.05) is 103 Å². The van der Waals surface area contributed by atoms with Crippen LogP contribution in [-0.4, -0.2) is 67.2 Å². The van der Waals surface area contributed by atoms with Crippen LogP contribution < -0.4 is 10.1 Å². The van der Waals surface area contributed by atoms with E-state index in [0.717, 1.165) is 16.7 Å². The summed E-state index contributed by atoms with van der Waals surface area (Å²) in [7, 11) is 1.23. The molecule has 11 nitrogen and oxygen atoms in total. The maximum atomic E-state index is 12.6. The average Bonchev–Trinajstić information content (AvgIpc) is 3.14. The molecule has 6 atom stereocenters. The second kappa shape index (κ2) is 18.6. The smallest absolute Gasteiger partial charge is 0.408 e. The van der Waals surface area contributed by atoms with Gasteiger partial charge in [-0.15, -0.1) is 0 Å². The number of rotatable bonds is 15. The highest BCUT2D eigenvalue weighted by Crippen LogP contribution is 2.31. The molecule has 1 heterocycles. The minimum absolute atomic E-state index is 0.127. The highest BCUT2D eigenvalue weighted by atomic mass is 16.7. The minimum atomic E-state index is -1.27. The van der Waals surface area contributed by atoms with Crippen LogP contribution in [0.1, 0.15) is 49.1 Å². The summed E-state index contributed by atoms with van der Waals surface area (Å²) < 4.78 is 41.9. The van der Waals surface area contributed by atoms with Crippen LogP contribution in [0, 0.1) is 0 Å². The molecule has 52 heavy (non-hydrogen) atoms. The third kappa shape index (κ3) is 11.4. The molecule has 0 aliphatic carbocycles. The molecule has 4 aromatic rings. The summed E-state index contributed by atoms with van der Waals surface area (Å²) in [5.74, 6) is -0.341. The molecule has 1 amide bonds. The fraction of sp³-hybridized carbons (Fsp3) is 0.366. The fourth-order valence-electron chi connectivity index (χ4n) is 5.61. The lowest BCUT2D eigenvalue weighted by Gasteiger charge is -2.44. The van der Waals surface area contributed by atoms with E-state index >= 15 is 0 Å². The van der Waals surface area contributed by atoms with E-state index in [1.54, 1.807) is 45.0 Å². The summed E-state index contributed by atoms with van der Waals surface area (Å²) in [4.78, 5) is 25.1. The zero-order valence-electron chi connectivity index (χ0n) is 29.9. The monoisotopic (exact) mass is 713 g/mol. The zero-order chi connectivity index (χ0) is 36.9. The number of aliphatic hydroxyl groups is 1. The Bertz CT molecular complexity index is 1670. The number of carbonyl (C=O) groups is 2. The summed E-state index contributed by atoms with van der Waals surface area (Å²) in [6, 6.07) is 34.5. The number of carbonyl (C=O) groups excluding carboxylic acids is 2. The highest BCUT2D eigenvalue weighted by Gasteiger charge is 2.48. The van der Waals surface area contributed by atoms with Crippen LogP contribution in [0.2, 0.25) is 0 Å². The van der Waals surface area contributed by atoms with Crippen LogP contribution in [0.5, 0.6) is 5.75 Å². The van der Waals surface area contributed by atoms with Gasteiger partial charge in [0.1, 0.15) is 35.8 Å². The molecule has 1 fully saturated rings. The normalized spacial score (nSPS) is 20.8. The molecule has 0 aromatic heterocycles. The number of esters is 1. The molecule has 1 aliphatic heterocycles. The Labute approximate surface area is 304 Å². The molecule has 0 spiro atoms. The zero-order valence-corrected chi connectivity index (χ0v) is 29.9. The van der Waals surface area contributed by atoms with Crippen molar-refractivity contribution in [3.8, 4) is 5.75 Å². The third-order valence-corrected chi connectivity index (χ3v) is 8.14. The van der Waals surface area contributed by atoms with E-state index in [4.69, 9.17) is 33.2 Å². The summed E-state index contributed by atoms with van der Waals surface area (Å²) in [5, 5.41) is 14.3. The minimum Gasteiger partial charge on any atom is -0.467 e. The lowest BCUT2D eigenvalue weighted by Crippen LogP contribution is -2.61. The number of hydrogen-bond donors (Lipinski definition) is 2. The quantitative estimate of drug-likeness (QED) is 0.136. The van der Waals surface area contributed by atoms with Crippen molar-refractivity contribution >= 4 is 12.1 Å². The molecule has 0 bridgehead atoms. The predicted octanol–water partition coefficient (Wildman–Crippen LogP) is 6.28. The average molecular weight is 714 g/mol. The predicted molar refractivity (Wildman–Crippen MR) is 192 cm³/mol. The van der Waals surface area contributed by atoms with E-state index in [1.807, 2.05) is 91.0 Å². The maximum absolute atomic E-state index is 12.6. The second-order valence-corrected chi connectivity index (χ2v) is 13.3. The van der Waals surface area contributed by atoms with Crippen molar-refractivity contribution in [2.75, 3.05) is 13.7 Å². The number of methoxy groups -OCH3 is 1. The van der Waals surface area contributed by atoms with Crippen molar-refractivity contribution < 1.29 is 47.9 Å². The van der Waals surface area contributed by atoms with Crippen molar-refractivity contribution in [2.45, 2.75) is 82.9 Å². The van der Waals surface area contributed by atoms with E-state index in [2.05, 4.69) is 5.32 Å². The third-order valence-electron chi connectivity index (χ3n) is 8.14. The second-order valence-electron chi connectivity index (χ2n) is 13.3. The Morgan fingerprint density at radius 2 is 1.27 bits per heavy atom. The molecule has 11 heteroatoms. The Morgan fingerprint density at radius 3 is 1.79 bits per heavy atom. The lowest BCUT2D eigenvalue weighted by molar-refractivity contribution is -0.299. The van der Waals surface area contributed by atoms with Crippen LogP contribution in [0.3, 0.4) is 0 Å². The van der Waals surface area contributed by atoms with Crippen LogP contribution >= 0.6 is 0 Å². The number of nitrogens with one attached hydrogen (secondary N) is 1. The van der Waals surface area contributed by atoms with Crippen molar-refractivity contribution in [3.05, 3.63) is 138 Å². The number of hydrogen-bond acceptors (Lipinski definition) is 10. The molecule has 0 saturated carbocycles. The van der Waals surface area contributed by atoms with E-state index in [1.165, 1.54) is 7.11 Å². The maximum Gasteiger partial charge on any atom is 0.408 e. The summed E-state index contributed by atoms with van der Waals surface area (Å²) in [6.45, 7) is 6.12. The number of amides is 1. The Balaban J connectivity index is 1.36. The van der Waals surface area contributed by atoms with E-state index < -0.39 is 54.4 Å². The van der Waals surface area contributed by atoms with Crippen molar-refractivity contribution in [2.24, 2.45) is 0 Å².